The van der Waals surface area contributed by atoms with Crippen LogP contribution in [-0.2, 0) is 10.0 Å². The molecule has 2 aromatic heterocycles. The van der Waals surface area contributed by atoms with Gasteiger partial charge in [-0.05, 0) is 36.8 Å². The number of aromatic amines is 1. The molecule has 0 bridgehead atoms. The Morgan fingerprint density at radius 3 is 2.37 bits per heavy atom. The quantitative estimate of drug-likeness (QED) is 0.244. The minimum Gasteiger partial charge on any atom is -0.455 e. The molecule has 0 spiro atoms. The molecule has 2 N–H and O–H groups in total. The molecule has 206 valence electrons. The number of nitrogens with one attached hydrogen (secondary N) is 2. The number of carbonyl (C=O) groups excluding carboxylic acids is 1. The van der Waals surface area contributed by atoms with Crippen molar-refractivity contribution in [3.8, 4) is 33.8 Å². The van der Waals surface area contributed by atoms with Crippen molar-refractivity contribution < 1.29 is 17.6 Å². The van der Waals surface area contributed by atoms with Crippen molar-refractivity contribution in [2.45, 2.75) is 6.92 Å². The van der Waals surface area contributed by atoms with Gasteiger partial charge in [-0.15, -0.1) is 0 Å². The van der Waals surface area contributed by atoms with Crippen LogP contribution in [-0.4, -0.2) is 44.6 Å². The maximum atomic E-state index is 13.2. The summed E-state index contributed by atoms with van der Waals surface area (Å²) in [6, 6.07) is 26.7. The highest BCUT2D eigenvalue weighted by Crippen LogP contribution is 2.42. The van der Waals surface area contributed by atoms with Crippen molar-refractivity contribution in [1.29, 1.82) is 0 Å². The highest BCUT2D eigenvalue weighted by atomic mass is 32.2. The highest BCUT2D eigenvalue weighted by molar-refractivity contribution is 7.92. The smallest absolute Gasteiger partial charge is 0.255 e. The lowest BCUT2D eigenvalue weighted by Crippen LogP contribution is -2.25. The number of aromatic nitrogens is 2. The summed E-state index contributed by atoms with van der Waals surface area (Å²) in [5, 5.41) is 3.31. The Morgan fingerprint density at radius 1 is 0.927 bits per heavy atom. The fourth-order valence-electron chi connectivity index (χ4n) is 4.98. The number of nitrogens with zero attached hydrogens (tertiary/aromatic N) is 2. The molecule has 8 nitrogen and oxygen atoms in total. The van der Waals surface area contributed by atoms with Crippen LogP contribution >= 0.6 is 0 Å². The first-order valence-electron chi connectivity index (χ1n) is 13.0. The van der Waals surface area contributed by atoms with Gasteiger partial charge < -0.3 is 14.7 Å². The van der Waals surface area contributed by atoms with Gasteiger partial charge in [0, 0.05) is 42.2 Å². The molecule has 0 saturated carbocycles. The van der Waals surface area contributed by atoms with Crippen molar-refractivity contribution in [3.05, 3.63) is 96.1 Å². The Hall–Kier alpha value is -4.89. The lowest BCUT2D eigenvalue weighted by Gasteiger charge is -2.21. The lowest BCUT2D eigenvalue weighted by atomic mass is 9.97. The third-order valence-corrected chi connectivity index (χ3v) is 8.44. The minimum atomic E-state index is -3.62. The van der Waals surface area contributed by atoms with Crippen molar-refractivity contribution in [3.63, 3.8) is 0 Å². The SMILES string of the molecule is CNC(=O)c1c(-c2ccc(C)cc2)oc2cc(N(C)S(C)(=O)=O)c(-c3cccc(-c4nc5ccccc5[nH]4)c3)cc12. The molecular weight excluding hydrogens is 536 g/mol. The average molecular weight is 565 g/mol. The van der Waals surface area contributed by atoms with Crippen molar-refractivity contribution in [1.82, 2.24) is 15.3 Å². The summed E-state index contributed by atoms with van der Waals surface area (Å²) in [5.74, 6) is 0.814. The summed E-state index contributed by atoms with van der Waals surface area (Å²) >= 11 is 0. The Balaban J connectivity index is 1.61. The molecule has 41 heavy (non-hydrogen) atoms. The van der Waals surface area contributed by atoms with Gasteiger partial charge in [0.2, 0.25) is 10.0 Å². The first-order valence-corrected chi connectivity index (χ1v) is 14.9. The number of hydrogen-bond donors (Lipinski definition) is 2. The summed E-state index contributed by atoms with van der Waals surface area (Å²) < 4.78 is 33.0. The van der Waals surface area contributed by atoms with Gasteiger partial charge in [0.05, 0.1) is 28.5 Å². The second-order valence-electron chi connectivity index (χ2n) is 10.0. The van der Waals surface area contributed by atoms with E-state index in [0.717, 1.165) is 39.5 Å². The van der Waals surface area contributed by atoms with Gasteiger partial charge in [0.25, 0.3) is 5.91 Å². The summed E-state index contributed by atoms with van der Waals surface area (Å²) in [5.41, 5.74) is 7.04. The topological polar surface area (TPSA) is 108 Å². The normalized spacial score (nSPS) is 11.7. The number of para-hydroxylation sites is 2. The number of carbonyl (C=O) groups is 1. The molecule has 0 aliphatic rings. The Kier molecular flexibility index (Phi) is 6.38. The fourth-order valence-corrected chi connectivity index (χ4v) is 5.49. The zero-order valence-electron chi connectivity index (χ0n) is 23.0. The predicted molar refractivity (Wildman–Crippen MR) is 164 cm³/mol. The van der Waals surface area contributed by atoms with Gasteiger partial charge in [0.1, 0.15) is 17.2 Å². The van der Waals surface area contributed by atoms with Crippen LogP contribution < -0.4 is 9.62 Å². The maximum Gasteiger partial charge on any atom is 0.255 e. The van der Waals surface area contributed by atoms with E-state index in [-0.39, 0.29) is 5.91 Å². The predicted octanol–water partition coefficient (Wildman–Crippen LogP) is 6.37. The molecule has 6 rings (SSSR count). The van der Waals surface area contributed by atoms with Gasteiger partial charge in [0.15, 0.2) is 0 Å². The molecule has 0 atom stereocenters. The van der Waals surface area contributed by atoms with E-state index >= 15 is 0 Å². The van der Waals surface area contributed by atoms with Crippen molar-refractivity contribution >= 4 is 43.6 Å². The monoisotopic (exact) mass is 564 g/mol. The van der Waals surface area contributed by atoms with Gasteiger partial charge in [-0.3, -0.25) is 9.10 Å². The van der Waals surface area contributed by atoms with Gasteiger partial charge in [-0.1, -0.05) is 60.2 Å². The van der Waals surface area contributed by atoms with E-state index in [1.54, 1.807) is 13.1 Å². The van der Waals surface area contributed by atoms with E-state index in [1.807, 2.05) is 85.8 Å². The summed E-state index contributed by atoms with van der Waals surface area (Å²) in [7, 11) is -0.542. The highest BCUT2D eigenvalue weighted by Gasteiger charge is 2.26. The number of aryl methyl sites for hydroxylation is 1. The second-order valence-corrected chi connectivity index (χ2v) is 12.0. The molecule has 0 unspecified atom stereocenters. The number of imidazole rings is 1. The van der Waals surface area contributed by atoms with Gasteiger partial charge >= 0.3 is 0 Å². The lowest BCUT2D eigenvalue weighted by molar-refractivity contribution is 0.0964. The second kappa shape index (κ2) is 9.94. The van der Waals surface area contributed by atoms with E-state index in [9.17, 15) is 13.2 Å². The fraction of sp³-hybridized carbons (Fsp3) is 0.125. The first-order chi connectivity index (χ1) is 19.6. The Morgan fingerprint density at radius 2 is 1.66 bits per heavy atom. The van der Waals surface area contributed by atoms with Crippen LogP contribution in [0.5, 0.6) is 0 Å². The number of rotatable bonds is 6. The van der Waals surface area contributed by atoms with Crippen LogP contribution in [0.3, 0.4) is 0 Å². The molecule has 1 amide bonds. The summed E-state index contributed by atoms with van der Waals surface area (Å²) in [6.07, 6.45) is 1.15. The molecule has 2 heterocycles. The Labute approximate surface area is 237 Å². The van der Waals surface area contributed by atoms with Gasteiger partial charge in [-0.2, -0.15) is 0 Å². The van der Waals surface area contributed by atoms with E-state index < -0.39 is 10.0 Å². The number of furan rings is 1. The number of anilines is 1. The van der Waals surface area contributed by atoms with Crippen LogP contribution in [0.1, 0.15) is 15.9 Å². The maximum absolute atomic E-state index is 13.2. The first kappa shape index (κ1) is 26.3. The number of sulfonamides is 1. The average Bonchev–Trinajstić information content (AvgIpc) is 3.57. The van der Waals surface area contributed by atoms with Crippen molar-refractivity contribution in [2.75, 3.05) is 24.7 Å². The zero-order valence-corrected chi connectivity index (χ0v) is 23.8. The molecule has 0 fully saturated rings. The molecule has 0 aliphatic heterocycles. The molecule has 0 saturated heterocycles. The summed E-state index contributed by atoms with van der Waals surface area (Å²) in [6.45, 7) is 1.99. The molecule has 0 aliphatic carbocycles. The van der Waals surface area contributed by atoms with Gasteiger partial charge in [-0.25, -0.2) is 13.4 Å². The molecule has 6 aromatic rings. The van der Waals surface area contributed by atoms with Crippen LogP contribution in [0, 0.1) is 6.92 Å². The van der Waals surface area contributed by atoms with Crippen LogP contribution in [0.4, 0.5) is 5.69 Å². The number of fused-ring (bicyclic) bond motifs is 2. The standard InChI is InChI=1S/C32H28N4O4S/c1-19-12-14-20(15-13-19)30-29(32(37)33-2)24-17-23(27(18-28(24)40-30)36(3)41(4,38)39)21-8-7-9-22(16-21)31-34-25-10-5-6-11-26(25)35-31/h5-18H,1-4H3,(H,33,37)(H,34,35). The minimum absolute atomic E-state index is 0.300. The van der Waals surface area contributed by atoms with E-state index in [4.69, 9.17) is 9.40 Å². The van der Waals surface area contributed by atoms with E-state index in [2.05, 4.69) is 10.3 Å². The molecule has 4 aromatic carbocycles. The molecule has 0 radical (unpaired) electrons. The third kappa shape index (κ3) is 4.74. The third-order valence-electron chi connectivity index (χ3n) is 7.25. The van der Waals surface area contributed by atoms with E-state index in [0.29, 0.717) is 39.4 Å². The van der Waals surface area contributed by atoms with Crippen molar-refractivity contribution in [2.24, 2.45) is 0 Å². The number of hydrogen-bond acceptors (Lipinski definition) is 5. The Bertz CT molecular complexity index is 2020. The largest absolute Gasteiger partial charge is 0.455 e. The zero-order chi connectivity index (χ0) is 28.9. The van der Waals surface area contributed by atoms with Crippen LogP contribution in [0.25, 0.3) is 55.8 Å². The number of H-pyrrole nitrogens is 1. The molecular formula is C32H28N4O4S. The van der Waals surface area contributed by atoms with E-state index in [1.165, 1.54) is 11.4 Å². The number of benzene rings is 4. The van der Waals surface area contributed by atoms with Crippen LogP contribution in [0.2, 0.25) is 0 Å². The number of amides is 1. The summed E-state index contributed by atoms with van der Waals surface area (Å²) in [4.78, 5) is 21.3. The molecule has 9 heteroatoms. The van der Waals surface area contributed by atoms with Crippen LogP contribution in [0.15, 0.2) is 89.3 Å².